The van der Waals surface area contributed by atoms with Crippen molar-refractivity contribution in [3.63, 3.8) is 0 Å². The van der Waals surface area contributed by atoms with Crippen LogP contribution in [0.2, 0.25) is 0 Å². The zero-order valence-electron chi connectivity index (χ0n) is 48.0. The summed E-state index contributed by atoms with van der Waals surface area (Å²) in [7, 11) is 6.80. The third kappa shape index (κ3) is 14.1. The van der Waals surface area contributed by atoms with Crippen molar-refractivity contribution < 1.29 is 68.2 Å². The molecule has 3 aliphatic heterocycles. The molecule has 0 radical (unpaired) electrons. The van der Waals surface area contributed by atoms with Gasteiger partial charge in [-0.1, -0.05) is 81.4 Å². The molecule has 0 saturated carbocycles. The van der Waals surface area contributed by atoms with Gasteiger partial charge >= 0.3 is 5.97 Å². The standard InChI is InChI=1S/C58H92FN5O13/c1-15-47-58(10,71)51(67)37(6)63(12)30-33(2)27-56(8,70)53(35(4)48(36(5)54(69)76-47)46-28-57(9,73-14)52(68)38(7)75-46)77-55-49(66)44(26-34(3)74-55)62(11)25-24-43-31-64(61-60-43)45(29-59)50(72-13)42-22-20-41(21-23-42)40-18-16-39(32-65)17-19-40/h16-23,31,33-38,44-53,55,65-68,70-71H,15,24-30,32H2,1-14H3/t33-,34-,35+,36-,37-,38+,44+,45-,46?,47-,48+,49-,50-,51-,52+,53-,55+,56-,57-,58-/m1/s1. The fraction of sp³-hybridized carbons (Fsp3) is 0.741. The van der Waals surface area contributed by atoms with Crippen molar-refractivity contribution in [1.29, 1.82) is 0 Å². The molecular formula is C58H92FN5O13. The summed E-state index contributed by atoms with van der Waals surface area (Å²) in [6.07, 6.45) is -6.32. The number of alkyl halides is 1. The number of ether oxygens (including phenoxy) is 6. The molecule has 1 aromatic heterocycles. The Morgan fingerprint density at radius 3 is 2.14 bits per heavy atom. The highest BCUT2D eigenvalue weighted by Crippen LogP contribution is 2.45. The van der Waals surface area contributed by atoms with Crippen LogP contribution in [-0.4, -0.2) is 193 Å². The maximum atomic E-state index is 15.0. The molecule has 434 valence electrons. The fourth-order valence-electron chi connectivity index (χ4n) is 12.7. The number of carbonyl (C=O) groups is 1. The van der Waals surface area contributed by atoms with Gasteiger partial charge in [0.05, 0.1) is 53.8 Å². The Morgan fingerprint density at radius 2 is 1.56 bits per heavy atom. The lowest BCUT2D eigenvalue weighted by atomic mass is 9.68. The van der Waals surface area contributed by atoms with E-state index in [1.54, 1.807) is 47.7 Å². The van der Waals surface area contributed by atoms with Gasteiger partial charge in [-0.2, -0.15) is 0 Å². The molecule has 3 fully saturated rings. The molecule has 3 aromatic rings. The van der Waals surface area contributed by atoms with Gasteiger partial charge in [0.1, 0.15) is 48.8 Å². The number of likely N-dealkylation sites (N-methyl/N-ethyl adjacent to an activating group) is 2. The average molecular weight is 1090 g/mol. The zero-order chi connectivity index (χ0) is 56.9. The van der Waals surface area contributed by atoms with E-state index in [2.05, 4.69) is 10.3 Å². The van der Waals surface area contributed by atoms with Crippen molar-refractivity contribution in [3.05, 3.63) is 71.5 Å². The summed E-state index contributed by atoms with van der Waals surface area (Å²) < 4.78 is 54.6. The van der Waals surface area contributed by atoms with Crippen molar-refractivity contribution >= 4 is 5.97 Å². The van der Waals surface area contributed by atoms with Crippen molar-refractivity contribution in [3.8, 4) is 11.1 Å². The SMILES string of the molecule is CC[C@H]1OC(=O)[C@H](C)[C@@H](C2C[C@@](C)(OC)[C@@H](O)[C@H](C)O2)[C@H](C)[C@@H](O[C@@H]2O[C@H](C)C[C@H](N(C)CCc3cn([C@H](CF)[C@H](OC)c4ccc(-c5ccc(CO)cc5)cc4)nn3)[C@H]2O)[C@](C)(O)C[C@@H](C)CN(C)[C@H](C)[C@@H](O)[C@]1(C)O. The summed E-state index contributed by atoms with van der Waals surface area (Å²) in [5.41, 5.74) is -0.383. The number of aliphatic hydroxyl groups excluding tert-OH is 4. The van der Waals surface area contributed by atoms with E-state index >= 15 is 0 Å². The van der Waals surface area contributed by atoms with E-state index in [4.69, 9.17) is 28.4 Å². The van der Waals surface area contributed by atoms with E-state index in [-0.39, 0.29) is 31.8 Å². The summed E-state index contributed by atoms with van der Waals surface area (Å²) >= 11 is 0. The Hall–Kier alpha value is -3.54. The largest absolute Gasteiger partial charge is 0.459 e. The number of rotatable bonds is 16. The van der Waals surface area contributed by atoms with Gasteiger partial charge in [-0.25, -0.2) is 9.07 Å². The molecule has 6 N–H and O–H groups in total. The quantitative estimate of drug-likeness (QED) is 0.0982. The number of carbonyl (C=O) groups excluding carboxylic acids is 1. The lowest BCUT2D eigenvalue weighted by Gasteiger charge is -2.51. The molecule has 0 bridgehead atoms. The van der Waals surface area contributed by atoms with E-state index in [9.17, 15) is 39.8 Å². The van der Waals surface area contributed by atoms with Crippen LogP contribution >= 0.6 is 0 Å². The molecule has 0 spiro atoms. The van der Waals surface area contributed by atoms with E-state index in [0.29, 0.717) is 31.6 Å². The number of nitrogens with zero attached hydrogens (tertiary/aromatic N) is 5. The minimum absolute atomic E-state index is 0.0352. The third-order valence-electron chi connectivity index (χ3n) is 17.6. The number of methoxy groups -OCH3 is 2. The topological polar surface area (TPSA) is 231 Å². The molecule has 2 aromatic carbocycles. The first-order chi connectivity index (χ1) is 36.2. The Kier molecular flexibility index (Phi) is 21.5. The Labute approximate surface area is 456 Å². The molecule has 3 aliphatic rings. The molecule has 0 amide bonds. The lowest BCUT2D eigenvalue weighted by molar-refractivity contribution is -0.302. The minimum atomic E-state index is -1.83. The molecule has 19 heteroatoms. The van der Waals surface area contributed by atoms with Crippen LogP contribution in [0.15, 0.2) is 54.7 Å². The second-order valence-electron chi connectivity index (χ2n) is 23.6. The van der Waals surface area contributed by atoms with Crippen molar-refractivity contribution in [2.75, 3.05) is 48.1 Å². The lowest BCUT2D eigenvalue weighted by Crippen LogP contribution is -2.62. The number of aromatic nitrogens is 3. The number of cyclic esters (lactones) is 1. The van der Waals surface area contributed by atoms with Crippen LogP contribution in [0.1, 0.15) is 124 Å². The molecule has 0 aliphatic carbocycles. The van der Waals surface area contributed by atoms with Crippen LogP contribution in [0.25, 0.3) is 11.1 Å². The number of aliphatic hydroxyl groups is 6. The normalized spacial score (nSPS) is 38.2. The zero-order valence-corrected chi connectivity index (χ0v) is 48.0. The van der Waals surface area contributed by atoms with E-state index in [1.807, 2.05) is 93.2 Å². The molecule has 1 unspecified atom stereocenters. The molecule has 20 atom stereocenters. The van der Waals surface area contributed by atoms with Gasteiger partial charge in [0.2, 0.25) is 0 Å². The molecule has 18 nitrogen and oxygen atoms in total. The van der Waals surface area contributed by atoms with Gasteiger partial charge in [0, 0.05) is 64.3 Å². The van der Waals surface area contributed by atoms with Gasteiger partial charge in [-0.15, -0.1) is 5.10 Å². The Bertz CT molecular complexity index is 2310. The van der Waals surface area contributed by atoms with Crippen LogP contribution in [-0.2, 0) is 46.2 Å². The van der Waals surface area contributed by atoms with Crippen molar-refractivity contribution in [2.45, 2.75) is 204 Å². The Morgan fingerprint density at radius 1 is 0.922 bits per heavy atom. The smallest absolute Gasteiger partial charge is 0.309 e. The van der Waals surface area contributed by atoms with Gasteiger partial charge < -0.3 is 68.9 Å². The number of hydrogen-bond donors (Lipinski definition) is 6. The maximum absolute atomic E-state index is 15.0. The number of benzene rings is 2. The van der Waals surface area contributed by atoms with Crippen LogP contribution in [0.3, 0.4) is 0 Å². The summed E-state index contributed by atoms with van der Waals surface area (Å²) in [6, 6.07) is 13.5. The van der Waals surface area contributed by atoms with Gasteiger partial charge in [-0.3, -0.25) is 4.79 Å². The molecule has 3 saturated heterocycles. The summed E-state index contributed by atoms with van der Waals surface area (Å²) in [4.78, 5) is 18.6. The molecule has 4 heterocycles. The summed E-state index contributed by atoms with van der Waals surface area (Å²) in [5, 5.41) is 78.5. The predicted octanol–water partition coefficient (Wildman–Crippen LogP) is 5.44. The highest BCUT2D eigenvalue weighted by atomic mass is 19.1. The average Bonchev–Trinajstić information content (AvgIpc) is 3.87. The van der Waals surface area contributed by atoms with Crippen LogP contribution < -0.4 is 0 Å². The van der Waals surface area contributed by atoms with Crippen LogP contribution in [0.4, 0.5) is 4.39 Å². The summed E-state index contributed by atoms with van der Waals surface area (Å²) in [6.45, 7) is 17.9. The maximum Gasteiger partial charge on any atom is 0.309 e. The number of halogens is 1. The van der Waals surface area contributed by atoms with E-state index < -0.39 is 127 Å². The molecular weight excluding hydrogens is 994 g/mol. The van der Waals surface area contributed by atoms with Crippen LogP contribution in [0.5, 0.6) is 0 Å². The van der Waals surface area contributed by atoms with Crippen molar-refractivity contribution in [2.24, 2.45) is 23.7 Å². The highest BCUT2D eigenvalue weighted by molar-refractivity contribution is 5.73. The highest BCUT2D eigenvalue weighted by Gasteiger charge is 2.55. The van der Waals surface area contributed by atoms with E-state index in [1.165, 1.54) is 25.8 Å². The van der Waals surface area contributed by atoms with E-state index in [0.717, 1.165) is 22.3 Å². The fourth-order valence-corrected chi connectivity index (χ4v) is 12.7. The van der Waals surface area contributed by atoms with Crippen LogP contribution in [0, 0.1) is 23.7 Å². The minimum Gasteiger partial charge on any atom is -0.459 e. The number of esters is 1. The van der Waals surface area contributed by atoms with Crippen molar-refractivity contribution in [1.82, 2.24) is 24.8 Å². The third-order valence-corrected chi connectivity index (χ3v) is 17.6. The van der Waals surface area contributed by atoms with Gasteiger partial charge in [-0.05, 0) is 109 Å². The second-order valence-corrected chi connectivity index (χ2v) is 23.6. The number of hydrogen-bond acceptors (Lipinski definition) is 17. The summed E-state index contributed by atoms with van der Waals surface area (Å²) in [5.74, 6) is -3.28. The first-order valence-electron chi connectivity index (χ1n) is 27.7. The first kappa shape index (κ1) is 62.7. The first-order valence-corrected chi connectivity index (χ1v) is 27.7. The Balaban J connectivity index is 1.25. The second kappa shape index (κ2) is 26.4. The molecule has 6 rings (SSSR count). The van der Waals surface area contributed by atoms with Gasteiger partial charge in [0.25, 0.3) is 0 Å². The molecule has 77 heavy (non-hydrogen) atoms. The monoisotopic (exact) mass is 1090 g/mol. The van der Waals surface area contributed by atoms with Gasteiger partial charge in [0.15, 0.2) is 6.29 Å². The predicted molar refractivity (Wildman–Crippen MR) is 288 cm³/mol.